The molecule has 1 aromatic carbocycles. The van der Waals surface area contributed by atoms with E-state index in [0.717, 1.165) is 5.01 Å². The quantitative estimate of drug-likeness (QED) is 0.625. The van der Waals surface area contributed by atoms with E-state index in [9.17, 15) is 9.59 Å². The molecule has 116 valence electrons. The minimum atomic E-state index is -0.418. The van der Waals surface area contributed by atoms with Crippen LogP contribution in [0.25, 0.3) is 0 Å². The number of benzene rings is 1. The Hall–Kier alpha value is -2.21. The number of ketones is 1. The van der Waals surface area contributed by atoms with E-state index in [1.807, 2.05) is 6.92 Å². The van der Waals surface area contributed by atoms with E-state index in [4.69, 9.17) is 9.47 Å². The van der Waals surface area contributed by atoms with Crippen LogP contribution in [-0.4, -0.2) is 23.8 Å². The van der Waals surface area contributed by atoms with Crippen LogP contribution >= 0.6 is 11.3 Å². The molecule has 0 amide bonds. The molecule has 0 aliphatic rings. The predicted octanol–water partition coefficient (Wildman–Crippen LogP) is 3.33. The summed E-state index contributed by atoms with van der Waals surface area (Å²) in [5, 5.41) is 0.820. The molecule has 0 saturated carbocycles. The number of carbonyl (C=O) groups is 2. The first-order chi connectivity index (χ1) is 10.4. The van der Waals surface area contributed by atoms with Crippen molar-refractivity contribution in [3.05, 3.63) is 44.9 Å². The number of rotatable bonds is 5. The number of methoxy groups -OCH3 is 1. The van der Waals surface area contributed by atoms with Crippen LogP contribution in [0.15, 0.2) is 18.2 Å². The fourth-order valence-electron chi connectivity index (χ4n) is 2.04. The maximum absolute atomic E-state index is 12.1. The van der Waals surface area contributed by atoms with E-state index in [0.29, 0.717) is 27.4 Å². The minimum Gasteiger partial charge on any atom is -0.496 e. The molecule has 0 unspecified atom stereocenters. The largest absolute Gasteiger partial charge is 0.496 e. The third-order valence-electron chi connectivity index (χ3n) is 3.13. The number of hydrogen-bond acceptors (Lipinski definition) is 6. The van der Waals surface area contributed by atoms with E-state index in [2.05, 4.69) is 4.98 Å². The van der Waals surface area contributed by atoms with Gasteiger partial charge in [-0.2, -0.15) is 0 Å². The Morgan fingerprint density at radius 1 is 1.27 bits per heavy atom. The summed E-state index contributed by atoms with van der Waals surface area (Å²) in [6.07, 6.45) is 0. The van der Waals surface area contributed by atoms with Gasteiger partial charge in [0.25, 0.3) is 0 Å². The highest BCUT2D eigenvalue weighted by Crippen LogP contribution is 2.23. The van der Waals surface area contributed by atoms with Crippen LogP contribution in [0.4, 0.5) is 0 Å². The lowest BCUT2D eigenvalue weighted by molar-refractivity contribution is 0.0475. The summed E-state index contributed by atoms with van der Waals surface area (Å²) in [6.45, 7) is 5.14. The van der Waals surface area contributed by atoms with Gasteiger partial charge in [-0.15, -0.1) is 11.3 Å². The maximum atomic E-state index is 12.1. The van der Waals surface area contributed by atoms with Crippen molar-refractivity contribution in [3.63, 3.8) is 0 Å². The zero-order valence-corrected chi connectivity index (χ0v) is 13.7. The SMILES string of the molecule is COc1ccc(C(C)=O)cc1COC(=O)c1sc(C)nc1C. The molecule has 0 spiro atoms. The van der Waals surface area contributed by atoms with Crippen molar-refractivity contribution in [2.45, 2.75) is 27.4 Å². The number of ether oxygens (including phenoxy) is 2. The van der Waals surface area contributed by atoms with Crippen LogP contribution < -0.4 is 4.74 Å². The predicted molar refractivity (Wildman–Crippen MR) is 83.7 cm³/mol. The molecular weight excluding hydrogens is 302 g/mol. The molecule has 0 bridgehead atoms. The van der Waals surface area contributed by atoms with Gasteiger partial charge in [0.05, 0.1) is 17.8 Å². The molecule has 2 rings (SSSR count). The molecule has 0 radical (unpaired) electrons. The van der Waals surface area contributed by atoms with Crippen molar-refractivity contribution in [3.8, 4) is 5.75 Å². The van der Waals surface area contributed by atoms with Crippen molar-refractivity contribution in [1.82, 2.24) is 4.98 Å². The highest BCUT2D eigenvalue weighted by Gasteiger charge is 2.16. The Bertz CT molecular complexity index is 721. The zero-order chi connectivity index (χ0) is 16.3. The van der Waals surface area contributed by atoms with E-state index in [-0.39, 0.29) is 12.4 Å². The normalized spacial score (nSPS) is 10.4. The average Bonchev–Trinajstić information content (AvgIpc) is 2.83. The summed E-state index contributed by atoms with van der Waals surface area (Å²) in [6, 6.07) is 5.06. The van der Waals surface area contributed by atoms with Crippen LogP contribution in [0.5, 0.6) is 5.75 Å². The lowest BCUT2D eigenvalue weighted by atomic mass is 10.1. The molecule has 6 heteroatoms. The molecule has 0 atom stereocenters. The van der Waals surface area contributed by atoms with Gasteiger partial charge in [0, 0.05) is 11.1 Å². The number of esters is 1. The van der Waals surface area contributed by atoms with Gasteiger partial charge >= 0.3 is 5.97 Å². The average molecular weight is 319 g/mol. The van der Waals surface area contributed by atoms with Gasteiger partial charge in [-0.05, 0) is 39.0 Å². The smallest absolute Gasteiger partial charge is 0.350 e. The lowest BCUT2D eigenvalue weighted by Crippen LogP contribution is -2.06. The van der Waals surface area contributed by atoms with Crippen LogP contribution in [0, 0.1) is 13.8 Å². The number of hydrogen-bond donors (Lipinski definition) is 0. The minimum absolute atomic E-state index is 0.0412. The van der Waals surface area contributed by atoms with Gasteiger partial charge in [0.15, 0.2) is 5.78 Å². The summed E-state index contributed by atoms with van der Waals surface area (Å²) in [4.78, 5) is 28.3. The Kier molecular flexibility index (Phi) is 4.92. The highest BCUT2D eigenvalue weighted by atomic mass is 32.1. The Morgan fingerprint density at radius 2 is 2.00 bits per heavy atom. The van der Waals surface area contributed by atoms with Gasteiger partial charge in [0.2, 0.25) is 0 Å². The van der Waals surface area contributed by atoms with Crippen LogP contribution in [0.2, 0.25) is 0 Å². The summed E-state index contributed by atoms with van der Waals surface area (Å²) in [5.74, 6) is 0.109. The molecule has 0 saturated heterocycles. The fourth-order valence-corrected chi connectivity index (χ4v) is 2.85. The summed E-state index contributed by atoms with van der Waals surface area (Å²) >= 11 is 1.30. The van der Waals surface area contributed by atoms with Crippen molar-refractivity contribution in [1.29, 1.82) is 0 Å². The van der Waals surface area contributed by atoms with E-state index < -0.39 is 5.97 Å². The van der Waals surface area contributed by atoms with Gasteiger partial charge in [-0.3, -0.25) is 4.79 Å². The number of aromatic nitrogens is 1. The molecule has 1 heterocycles. The van der Waals surface area contributed by atoms with Gasteiger partial charge in [-0.25, -0.2) is 9.78 Å². The molecule has 2 aromatic rings. The second-order valence-electron chi connectivity index (χ2n) is 4.81. The maximum Gasteiger partial charge on any atom is 0.350 e. The first-order valence-corrected chi connectivity index (χ1v) is 7.53. The zero-order valence-electron chi connectivity index (χ0n) is 12.9. The van der Waals surface area contributed by atoms with Crippen LogP contribution in [0.3, 0.4) is 0 Å². The van der Waals surface area contributed by atoms with Crippen molar-refractivity contribution < 1.29 is 19.1 Å². The Morgan fingerprint density at radius 3 is 2.55 bits per heavy atom. The van der Waals surface area contributed by atoms with Crippen molar-refractivity contribution in [2.75, 3.05) is 7.11 Å². The van der Waals surface area contributed by atoms with Gasteiger partial charge in [0.1, 0.15) is 17.2 Å². The molecule has 22 heavy (non-hydrogen) atoms. The van der Waals surface area contributed by atoms with Crippen LogP contribution in [0.1, 0.15) is 43.2 Å². The molecule has 1 aromatic heterocycles. The van der Waals surface area contributed by atoms with E-state index in [1.165, 1.54) is 25.4 Å². The third-order valence-corrected chi connectivity index (χ3v) is 4.19. The topological polar surface area (TPSA) is 65.5 Å². The van der Waals surface area contributed by atoms with Crippen molar-refractivity contribution in [2.24, 2.45) is 0 Å². The lowest BCUT2D eigenvalue weighted by Gasteiger charge is -2.10. The second-order valence-corrected chi connectivity index (χ2v) is 6.01. The monoisotopic (exact) mass is 319 g/mol. The number of aryl methyl sites for hydroxylation is 2. The van der Waals surface area contributed by atoms with E-state index in [1.54, 1.807) is 25.1 Å². The molecule has 0 aliphatic carbocycles. The third kappa shape index (κ3) is 3.51. The first kappa shape index (κ1) is 16.2. The summed E-state index contributed by atoms with van der Waals surface area (Å²) in [7, 11) is 1.53. The number of nitrogens with zero attached hydrogens (tertiary/aromatic N) is 1. The molecule has 0 aliphatic heterocycles. The second kappa shape index (κ2) is 6.70. The summed E-state index contributed by atoms with van der Waals surface area (Å²) in [5.41, 5.74) is 1.87. The number of carbonyl (C=O) groups excluding carboxylic acids is 2. The highest BCUT2D eigenvalue weighted by molar-refractivity contribution is 7.13. The Labute approximate surface area is 132 Å². The first-order valence-electron chi connectivity index (χ1n) is 6.71. The number of Topliss-reactive ketones (excluding diaryl/α,β-unsaturated/α-hetero) is 1. The van der Waals surface area contributed by atoms with E-state index >= 15 is 0 Å². The van der Waals surface area contributed by atoms with Crippen molar-refractivity contribution >= 4 is 23.1 Å². The van der Waals surface area contributed by atoms with Crippen LogP contribution in [-0.2, 0) is 11.3 Å². The molecule has 0 N–H and O–H groups in total. The van der Waals surface area contributed by atoms with Gasteiger partial charge < -0.3 is 9.47 Å². The molecular formula is C16H17NO4S. The fraction of sp³-hybridized carbons (Fsp3) is 0.312. The van der Waals surface area contributed by atoms with Gasteiger partial charge in [-0.1, -0.05) is 0 Å². The molecule has 5 nitrogen and oxygen atoms in total. The molecule has 0 fully saturated rings. The standard InChI is InChI=1S/C16H17NO4S/c1-9-15(22-11(3)17-9)16(19)21-8-13-7-12(10(2)18)5-6-14(13)20-4/h5-7H,8H2,1-4H3. The Balaban J connectivity index is 2.16. The summed E-state index contributed by atoms with van der Waals surface area (Å²) < 4.78 is 10.6. The number of thiazole rings is 1.